The third-order valence-electron chi connectivity index (χ3n) is 5.03. The first kappa shape index (κ1) is 24.8. The van der Waals surface area contributed by atoms with Gasteiger partial charge in [0, 0.05) is 6.20 Å². The number of hydrogen-bond acceptors (Lipinski definition) is 9. The number of hydrogen-bond donors (Lipinski definition) is 2. The van der Waals surface area contributed by atoms with Gasteiger partial charge in [-0.15, -0.1) is 0 Å². The molecular weight excluding hydrogens is 475 g/mol. The Bertz CT molecular complexity index is 1230. The van der Waals surface area contributed by atoms with Crippen LogP contribution < -0.4 is 21.0 Å². The predicted molar refractivity (Wildman–Crippen MR) is 127 cm³/mol. The zero-order valence-electron chi connectivity index (χ0n) is 18.6. The fourth-order valence-corrected chi connectivity index (χ4v) is 4.84. The van der Waals surface area contributed by atoms with E-state index in [4.69, 9.17) is 24.3 Å². The quantitative estimate of drug-likeness (QED) is 0.297. The minimum absolute atomic E-state index is 0.0434. The molecule has 1 unspecified atom stereocenters. The lowest BCUT2D eigenvalue weighted by Gasteiger charge is -2.24. The molecule has 1 aliphatic heterocycles. The van der Waals surface area contributed by atoms with Crippen LogP contribution in [0.1, 0.15) is 11.8 Å². The summed E-state index contributed by atoms with van der Waals surface area (Å²) in [7, 11) is -4.05. The average Bonchev–Trinajstić information content (AvgIpc) is 3.32. The van der Waals surface area contributed by atoms with Crippen LogP contribution in [0.4, 0.5) is 5.82 Å². The second kappa shape index (κ2) is 11.4. The summed E-state index contributed by atoms with van der Waals surface area (Å²) in [5.74, 6) is 0.383. The number of carbonyl (C=O) groups is 1. The molecule has 4 atom stereocenters. The maximum Gasteiger partial charge on any atom is 0.459 e. The highest BCUT2D eigenvalue weighted by Gasteiger charge is 2.35. The molecule has 1 saturated heterocycles. The Morgan fingerprint density at radius 1 is 1.17 bits per heavy atom. The van der Waals surface area contributed by atoms with Crippen molar-refractivity contribution in [1.29, 1.82) is 0 Å². The summed E-state index contributed by atoms with van der Waals surface area (Å²) < 4.78 is 37.4. The summed E-state index contributed by atoms with van der Waals surface area (Å²) in [5, 5.41) is 2.71. The lowest BCUT2D eigenvalue weighted by Crippen LogP contribution is -2.33. The smallest absolute Gasteiger partial charge is 0.413 e. The van der Waals surface area contributed by atoms with Gasteiger partial charge in [-0.1, -0.05) is 48.5 Å². The maximum atomic E-state index is 13.6. The molecule has 0 bridgehead atoms. The van der Waals surface area contributed by atoms with Crippen LogP contribution in [0.3, 0.4) is 0 Å². The van der Waals surface area contributed by atoms with Crippen LogP contribution in [-0.2, 0) is 29.8 Å². The molecule has 11 nitrogen and oxygen atoms in total. The second-order valence-corrected chi connectivity index (χ2v) is 9.35. The Hall–Kier alpha value is -3.34. The Morgan fingerprint density at radius 3 is 2.57 bits per heavy atom. The van der Waals surface area contributed by atoms with Crippen molar-refractivity contribution in [3.8, 4) is 5.75 Å². The molecule has 3 N–H and O–H groups in total. The van der Waals surface area contributed by atoms with Gasteiger partial charge >= 0.3 is 13.4 Å². The molecule has 0 amide bonds. The standard InChI is InChI=1S/C23H25N4O7P/c24-20-11-12-27(23(29)25-20)21-15-31-22(33-21)16-32-35(30,34-19-9-5-2-6-10-19)26-18(14-28)13-17-7-3-1-4-8-17/h1-12,14,18,21-22H,13,15-16H2,(H,26,30)(H2,24,25,29)/t18-,21-,22-,35?/m0/s1. The Kier molecular flexibility index (Phi) is 8.06. The SMILES string of the molecule is Nc1ccn([C@@H]2CO[C@H](COP(=O)(N[C@H](C=O)Cc3ccccc3)Oc3ccccc3)O2)c(=O)n1. The average molecular weight is 500 g/mol. The molecule has 0 aliphatic carbocycles. The molecule has 0 spiro atoms. The van der Waals surface area contributed by atoms with Gasteiger partial charge in [0.15, 0.2) is 12.5 Å². The first-order chi connectivity index (χ1) is 16.9. The minimum atomic E-state index is -4.05. The molecule has 2 aromatic carbocycles. The lowest BCUT2D eigenvalue weighted by molar-refractivity contribution is -0.109. The van der Waals surface area contributed by atoms with Crippen molar-refractivity contribution in [2.24, 2.45) is 0 Å². The lowest BCUT2D eigenvalue weighted by atomic mass is 10.1. The van der Waals surface area contributed by atoms with Gasteiger partial charge in [0.1, 0.15) is 24.5 Å². The first-order valence-electron chi connectivity index (χ1n) is 10.8. The van der Waals surface area contributed by atoms with Gasteiger partial charge in [0.2, 0.25) is 0 Å². The molecule has 2 heterocycles. The van der Waals surface area contributed by atoms with Crippen LogP contribution in [0.15, 0.2) is 77.7 Å². The summed E-state index contributed by atoms with van der Waals surface area (Å²) >= 11 is 0. The largest absolute Gasteiger partial charge is 0.459 e. The number of carbonyl (C=O) groups excluding carboxylic acids is 1. The molecule has 0 saturated carbocycles. The van der Waals surface area contributed by atoms with E-state index in [1.807, 2.05) is 30.3 Å². The van der Waals surface area contributed by atoms with E-state index in [0.717, 1.165) is 5.56 Å². The summed E-state index contributed by atoms with van der Waals surface area (Å²) in [6.07, 6.45) is 0.679. The highest BCUT2D eigenvalue weighted by Crippen LogP contribution is 2.45. The van der Waals surface area contributed by atoms with Crippen LogP contribution in [0.2, 0.25) is 0 Å². The van der Waals surface area contributed by atoms with E-state index in [1.165, 1.54) is 16.8 Å². The molecule has 1 aliphatic rings. The van der Waals surface area contributed by atoms with Crippen LogP contribution >= 0.6 is 7.75 Å². The van der Waals surface area contributed by atoms with Crippen LogP contribution in [-0.4, -0.2) is 41.4 Å². The van der Waals surface area contributed by atoms with Gasteiger partial charge < -0.3 is 24.5 Å². The molecule has 184 valence electrons. The molecular formula is C23H25N4O7P. The van der Waals surface area contributed by atoms with Crippen molar-refractivity contribution in [3.05, 3.63) is 89.0 Å². The summed E-state index contributed by atoms with van der Waals surface area (Å²) in [6.45, 7) is -0.247. The van der Waals surface area contributed by atoms with Gasteiger partial charge in [0.25, 0.3) is 0 Å². The number of nitrogen functional groups attached to an aromatic ring is 1. The number of ether oxygens (including phenoxy) is 2. The fraction of sp³-hybridized carbons (Fsp3) is 0.261. The van der Waals surface area contributed by atoms with E-state index in [0.29, 0.717) is 12.0 Å². The number of nitrogens with one attached hydrogen (secondary N) is 1. The molecule has 35 heavy (non-hydrogen) atoms. The topological polar surface area (TPSA) is 144 Å². The maximum absolute atomic E-state index is 13.6. The van der Waals surface area contributed by atoms with E-state index in [2.05, 4.69) is 10.1 Å². The van der Waals surface area contributed by atoms with Crippen molar-refractivity contribution >= 4 is 19.9 Å². The van der Waals surface area contributed by atoms with Gasteiger partial charge in [-0.2, -0.15) is 4.98 Å². The summed E-state index contributed by atoms with van der Waals surface area (Å²) in [6, 6.07) is 18.3. The number of rotatable bonds is 11. The number of aldehydes is 1. The van der Waals surface area contributed by atoms with Gasteiger partial charge in [-0.3, -0.25) is 9.09 Å². The highest BCUT2D eigenvalue weighted by atomic mass is 31.2. The van der Waals surface area contributed by atoms with Crippen molar-refractivity contribution < 1.29 is 27.9 Å². The summed E-state index contributed by atoms with van der Waals surface area (Å²) in [5.41, 5.74) is 5.80. The molecule has 3 aromatic rings. The zero-order chi connectivity index (χ0) is 24.7. The normalized spacial score (nSPS) is 20.1. The molecule has 1 aromatic heterocycles. The van der Waals surface area contributed by atoms with Crippen molar-refractivity contribution in [2.45, 2.75) is 25.0 Å². The summed E-state index contributed by atoms with van der Waals surface area (Å²) in [4.78, 5) is 27.5. The highest BCUT2D eigenvalue weighted by molar-refractivity contribution is 7.52. The molecule has 0 radical (unpaired) electrons. The predicted octanol–water partition coefficient (Wildman–Crippen LogP) is 2.30. The van der Waals surface area contributed by atoms with E-state index in [9.17, 15) is 14.2 Å². The minimum Gasteiger partial charge on any atom is -0.413 e. The number of benzene rings is 2. The first-order valence-corrected chi connectivity index (χ1v) is 12.4. The molecule has 4 rings (SSSR count). The third-order valence-corrected chi connectivity index (χ3v) is 6.62. The number of nitrogens with two attached hydrogens (primary N) is 1. The second-order valence-electron chi connectivity index (χ2n) is 7.65. The molecule has 12 heteroatoms. The monoisotopic (exact) mass is 500 g/mol. The Labute approximate surface area is 201 Å². The number of aromatic nitrogens is 2. The van der Waals surface area contributed by atoms with Crippen LogP contribution in [0.25, 0.3) is 0 Å². The zero-order valence-corrected chi connectivity index (χ0v) is 19.5. The Balaban J connectivity index is 1.44. The van der Waals surface area contributed by atoms with E-state index in [1.54, 1.807) is 30.3 Å². The van der Waals surface area contributed by atoms with Gasteiger partial charge in [-0.05, 0) is 30.2 Å². The third kappa shape index (κ3) is 6.84. The van der Waals surface area contributed by atoms with Gasteiger partial charge in [-0.25, -0.2) is 14.4 Å². The number of para-hydroxylation sites is 1. The van der Waals surface area contributed by atoms with E-state index in [-0.39, 0.29) is 25.5 Å². The number of nitrogens with zero attached hydrogens (tertiary/aromatic N) is 2. The van der Waals surface area contributed by atoms with E-state index >= 15 is 0 Å². The van der Waals surface area contributed by atoms with E-state index < -0.39 is 32.0 Å². The van der Waals surface area contributed by atoms with Crippen molar-refractivity contribution in [1.82, 2.24) is 14.6 Å². The van der Waals surface area contributed by atoms with Crippen molar-refractivity contribution in [3.63, 3.8) is 0 Å². The van der Waals surface area contributed by atoms with Crippen LogP contribution in [0, 0.1) is 0 Å². The fourth-order valence-electron chi connectivity index (χ4n) is 3.39. The molecule has 1 fully saturated rings. The number of anilines is 1. The Morgan fingerprint density at radius 2 is 1.89 bits per heavy atom. The van der Waals surface area contributed by atoms with Crippen LogP contribution in [0.5, 0.6) is 5.75 Å². The van der Waals surface area contributed by atoms with Gasteiger partial charge in [0.05, 0.1) is 12.6 Å². The van der Waals surface area contributed by atoms with Crippen molar-refractivity contribution in [2.75, 3.05) is 18.9 Å².